The Balaban J connectivity index is 2.35. The molecule has 64 valence electrons. The maximum absolute atomic E-state index is 10.2. The van der Waals surface area contributed by atoms with Crippen LogP contribution >= 0.6 is 0 Å². The Labute approximate surface area is 64.5 Å². The second kappa shape index (κ2) is 3.54. The first-order valence-electron chi connectivity index (χ1n) is 3.53. The molecular formula is C6H12N2O3. The van der Waals surface area contributed by atoms with E-state index in [1.807, 2.05) is 0 Å². The third-order valence-corrected chi connectivity index (χ3v) is 1.72. The quantitative estimate of drug-likeness (QED) is 0.477. The highest BCUT2D eigenvalue weighted by Crippen LogP contribution is 2.04. The van der Waals surface area contributed by atoms with E-state index < -0.39 is 6.09 Å². The Morgan fingerprint density at radius 3 is 3.00 bits per heavy atom. The second-order valence-electron chi connectivity index (χ2n) is 2.58. The van der Waals surface area contributed by atoms with E-state index in [1.165, 1.54) is 0 Å². The molecule has 1 aliphatic rings. The van der Waals surface area contributed by atoms with E-state index in [0.717, 1.165) is 0 Å². The van der Waals surface area contributed by atoms with Crippen molar-refractivity contribution in [2.75, 3.05) is 13.2 Å². The van der Waals surface area contributed by atoms with Crippen LogP contribution in [0.3, 0.4) is 0 Å². The highest BCUT2D eigenvalue weighted by molar-refractivity contribution is 5.65. The molecule has 4 N–H and O–H groups in total. The van der Waals surface area contributed by atoms with E-state index in [9.17, 15) is 4.79 Å². The summed E-state index contributed by atoms with van der Waals surface area (Å²) in [6.07, 6.45) is -0.332. The monoisotopic (exact) mass is 160 g/mol. The zero-order valence-corrected chi connectivity index (χ0v) is 6.12. The lowest BCUT2D eigenvalue weighted by molar-refractivity contribution is 0.0584. The predicted octanol–water partition coefficient (Wildman–Crippen LogP) is -0.630. The van der Waals surface area contributed by atoms with Crippen LogP contribution in [0.5, 0.6) is 0 Å². The van der Waals surface area contributed by atoms with Gasteiger partial charge in [0.05, 0.1) is 12.6 Å². The summed E-state index contributed by atoms with van der Waals surface area (Å²) in [5.74, 6) is 0. The molecule has 1 saturated heterocycles. The average Bonchev–Trinajstić information content (AvgIpc) is 1.93. The van der Waals surface area contributed by atoms with Crippen molar-refractivity contribution in [1.29, 1.82) is 0 Å². The van der Waals surface area contributed by atoms with Gasteiger partial charge in [-0.2, -0.15) is 0 Å². The van der Waals surface area contributed by atoms with E-state index in [4.69, 9.17) is 15.6 Å². The van der Waals surface area contributed by atoms with Crippen molar-refractivity contribution in [3.8, 4) is 0 Å². The molecule has 0 aromatic rings. The molecule has 11 heavy (non-hydrogen) atoms. The molecule has 0 unspecified atom stereocenters. The summed E-state index contributed by atoms with van der Waals surface area (Å²) >= 11 is 0. The predicted molar refractivity (Wildman–Crippen MR) is 38.4 cm³/mol. The first kappa shape index (κ1) is 8.29. The number of nitrogens with one attached hydrogen (secondary N) is 1. The van der Waals surface area contributed by atoms with E-state index in [2.05, 4.69) is 5.32 Å². The van der Waals surface area contributed by atoms with Gasteiger partial charge in [0.2, 0.25) is 0 Å². The van der Waals surface area contributed by atoms with Gasteiger partial charge in [-0.05, 0) is 6.42 Å². The summed E-state index contributed by atoms with van der Waals surface area (Å²) in [6.45, 7) is 1.01. The fourth-order valence-electron chi connectivity index (χ4n) is 1.06. The van der Waals surface area contributed by atoms with Gasteiger partial charge in [-0.1, -0.05) is 0 Å². The number of carboxylic acid groups (broad SMARTS) is 1. The topological polar surface area (TPSA) is 84.6 Å². The smallest absolute Gasteiger partial charge is 0.405 e. The van der Waals surface area contributed by atoms with Crippen LogP contribution in [-0.2, 0) is 4.74 Å². The fraction of sp³-hybridized carbons (Fsp3) is 0.833. The van der Waals surface area contributed by atoms with Crippen LogP contribution in [0, 0.1) is 0 Å². The molecular weight excluding hydrogens is 148 g/mol. The minimum Gasteiger partial charge on any atom is -0.465 e. The highest BCUT2D eigenvalue weighted by Gasteiger charge is 2.23. The molecule has 0 radical (unpaired) electrons. The Morgan fingerprint density at radius 1 is 1.73 bits per heavy atom. The second-order valence-corrected chi connectivity index (χ2v) is 2.58. The van der Waals surface area contributed by atoms with E-state index >= 15 is 0 Å². The minimum absolute atomic E-state index is 0.111. The maximum Gasteiger partial charge on any atom is 0.405 e. The molecule has 1 rings (SSSR count). The van der Waals surface area contributed by atoms with Gasteiger partial charge in [-0.15, -0.1) is 0 Å². The molecule has 0 aromatic carbocycles. The first-order chi connectivity index (χ1) is 5.20. The summed E-state index contributed by atoms with van der Waals surface area (Å²) in [7, 11) is 0. The maximum atomic E-state index is 10.2. The molecule has 5 heteroatoms. The first-order valence-corrected chi connectivity index (χ1v) is 3.53. The SMILES string of the molecule is N[C@@H]1CCOC[C@H]1NC(=O)O. The van der Waals surface area contributed by atoms with Crippen LogP contribution in [0.2, 0.25) is 0 Å². The van der Waals surface area contributed by atoms with Crippen molar-refractivity contribution >= 4 is 6.09 Å². The van der Waals surface area contributed by atoms with Crippen molar-refractivity contribution in [3.63, 3.8) is 0 Å². The van der Waals surface area contributed by atoms with Crippen molar-refractivity contribution in [1.82, 2.24) is 5.32 Å². The Hall–Kier alpha value is -0.810. The van der Waals surface area contributed by atoms with Crippen LogP contribution in [0.4, 0.5) is 4.79 Å². The third kappa shape index (κ3) is 2.36. The molecule has 1 aliphatic heterocycles. The van der Waals surface area contributed by atoms with Gasteiger partial charge >= 0.3 is 6.09 Å². The van der Waals surface area contributed by atoms with Crippen LogP contribution < -0.4 is 11.1 Å². The normalized spacial score (nSPS) is 31.4. The summed E-state index contributed by atoms with van der Waals surface area (Å²) in [5, 5.41) is 10.7. The summed E-state index contributed by atoms with van der Waals surface area (Å²) < 4.78 is 5.05. The largest absolute Gasteiger partial charge is 0.465 e. The zero-order valence-electron chi connectivity index (χ0n) is 6.12. The van der Waals surface area contributed by atoms with Gasteiger partial charge in [0.1, 0.15) is 0 Å². The van der Waals surface area contributed by atoms with E-state index in [1.54, 1.807) is 0 Å². The molecule has 1 amide bonds. The van der Waals surface area contributed by atoms with Gasteiger partial charge in [0, 0.05) is 12.6 Å². The van der Waals surface area contributed by atoms with Crippen LogP contribution in [0.15, 0.2) is 0 Å². The lowest BCUT2D eigenvalue weighted by atomic mass is 10.1. The van der Waals surface area contributed by atoms with Gasteiger partial charge in [-0.3, -0.25) is 0 Å². The number of rotatable bonds is 1. The summed E-state index contributed by atoms with van der Waals surface area (Å²) in [4.78, 5) is 10.2. The van der Waals surface area contributed by atoms with Gasteiger partial charge < -0.3 is 20.9 Å². The lowest BCUT2D eigenvalue weighted by Gasteiger charge is -2.28. The number of carbonyl (C=O) groups is 1. The van der Waals surface area contributed by atoms with Crippen molar-refractivity contribution in [2.45, 2.75) is 18.5 Å². The van der Waals surface area contributed by atoms with Gasteiger partial charge in [0.15, 0.2) is 0 Å². The number of amides is 1. The molecule has 2 atom stereocenters. The molecule has 5 nitrogen and oxygen atoms in total. The van der Waals surface area contributed by atoms with Gasteiger partial charge in [-0.25, -0.2) is 4.79 Å². The highest BCUT2D eigenvalue weighted by atomic mass is 16.5. The van der Waals surface area contributed by atoms with Crippen LogP contribution in [-0.4, -0.2) is 36.5 Å². The summed E-state index contributed by atoms with van der Waals surface area (Å²) in [5.41, 5.74) is 5.62. The zero-order chi connectivity index (χ0) is 8.27. The fourth-order valence-corrected chi connectivity index (χ4v) is 1.06. The van der Waals surface area contributed by atoms with Crippen molar-refractivity contribution < 1.29 is 14.6 Å². The average molecular weight is 160 g/mol. The van der Waals surface area contributed by atoms with E-state index in [0.29, 0.717) is 19.6 Å². The Bertz CT molecular complexity index is 151. The molecule has 0 spiro atoms. The van der Waals surface area contributed by atoms with Gasteiger partial charge in [0.25, 0.3) is 0 Å². The molecule has 0 saturated carbocycles. The third-order valence-electron chi connectivity index (χ3n) is 1.72. The lowest BCUT2D eigenvalue weighted by Crippen LogP contribution is -2.52. The number of ether oxygens (including phenoxy) is 1. The molecule has 0 aromatic heterocycles. The molecule has 1 fully saturated rings. The Kier molecular flexibility index (Phi) is 2.67. The molecule has 0 aliphatic carbocycles. The van der Waals surface area contributed by atoms with Crippen molar-refractivity contribution in [3.05, 3.63) is 0 Å². The molecule has 0 bridgehead atoms. The number of hydrogen-bond acceptors (Lipinski definition) is 3. The standard InChI is InChI=1S/C6H12N2O3/c7-4-1-2-11-3-5(4)8-6(9)10/h4-5,8H,1-3,7H2,(H,9,10)/t4-,5-/m1/s1. The van der Waals surface area contributed by atoms with Crippen molar-refractivity contribution in [2.24, 2.45) is 5.73 Å². The number of nitrogens with two attached hydrogens (primary N) is 1. The molecule has 1 heterocycles. The van der Waals surface area contributed by atoms with E-state index in [-0.39, 0.29) is 12.1 Å². The van der Waals surface area contributed by atoms with Crippen LogP contribution in [0.1, 0.15) is 6.42 Å². The Morgan fingerprint density at radius 2 is 2.45 bits per heavy atom. The minimum atomic E-state index is -1.05. The van der Waals surface area contributed by atoms with Crippen LogP contribution in [0.25, 0.3) is 0 Å². The number of hydrogen-bond donors (Lipinski definition) is 3. The summed E-state index contributed by atoms with van der Waals surface area (Å²) in [6, 6.07) is -0.360.